The standard InChI is InChI=1S/C11H18OSi/c1-10(2)9-13(3,12)11-7-5-4-6-8-11/h4-8,10,12H,9H2,1-3H3. The molecule has 1 unspecified atom stereocenters. The lowest BCUT2D eigenvalue weighted by Gasteiger charge is -2.22. The first kappa shape index (κ1) is 10.5. The second-order valence-corrected chi connectivity index (χ2v) is 7.77. The Morgan fingerprint density at radius 3 is 2.23 bits per heavy atom. The van der Waals surface area contributed by atoms with E-state index in [0.29, 0.717) is 5.92 Å². The fraction of sp³-hybridized carbons (Fsp3) is 0.455. The van der Waals surface area contributed by atoms with Crippen molar-refractivity contribution in [1.82, 2.24) is 0 Å². The normalized spacial score (nSPS) is 15.8. The summed E-state index contributed by atoms with van der Waals surface area (Å²) < 4.78 is 0. The molecule has 0 aliphatic heterocycles. The summed E-state index contributed by atoms with van der Waals surface area (Å²) in [6.07, 6.45) is 0. The average Bonchev–Trinajstić information content (AvgIpc) is 2.04. The molecule has 0 spiro atoms. The number of hydrogen-bond donors (Lipinski definition) is 1. The molecule has 0 aliphatic carbocycles. The van der Waals surface area contributed by atoms with Crippen LogP contribution in [0.2, 0.25) is 12.6 Å². The van der Waals surface area contributed by atoms with Crippen molar-refractivity contribution in [3.05, 3.63) is 30.3 Å². The van der Waals surface area contributed by atoms with Crippen molar-refractivity contribution >= 4 is 13.5 Å². The molecule has 0 aromatic heterocycles. The van der Waals surface area contributed by atoms with Crippen LogP contribution < -0.4 is 5.19 Å². The Labute approximate surface area is 81.6 Å². The summed E-state index contributed by atoms with van der Waals surface area (Å²) in [5, 5.41) is 1.14. The highest BCUT2D eigenvalue weighted by Gasteiger charge is 2.27. The van der Waals surface area contributed by atoms with Crippen molar-refractivity contribution in [2.75, 3.05) is 0 Å². The molecule has 0 heterocycles. The van der Waals surface area contributed by atoms with Crippen molar-refractivity contribution < 1.29 is 4.80 Å². The summed E-state index contributed by atoms with van der Waals surface area (Å²) in [6.45, 7) is 6.33. The Morgan fingerprint density at radius 1 is 1.23 bits per heavy atom. The zero-order chi connectivity index (χ0) is 9.90. The van der Waals surface area contributed by atoms with Crippen LogP contribution in [0.4, 0.5) is 0 Å². The molecular formula is C11H18OSi. The molecule has 1 nitrogen and oxygen atoms in total. The van der Waals surface area contributed by atoms with E-state index >= 15 is 0 Å². The number of rotatable bonds is 3. The molecule has 0 fully saturated rings. The Bertz CT molecular complexity index is 254. The van der Waals surface area contributed by atoms with Crippen LogP contribution >= 0.6 is 0 Å². The molecule has 1 atom stereocenters. The van der Waals surface area contributed by atoms with Crippen LogP contribution in [-0.2, 0) is 0 Å². The third kappa shape index (κ3) is 2.97. The second-order valence-electron chi connectivity index (χ2n) is 4.24. The van der Waals surface area contributed by atoms with Gasteiger partial charge in [0.1, 0.15) is 0 Å². The molecule has 1 N–H and O–H groups in total. The van der Waals surface area contributed by atoms with E-state index in [0.717, 1.165) is 11.2 Å². The summed E-state index contributed by atoms with van der Waals surface area (Å²) in [5.74, 6) is 0.571. The van der Waals surface area contributed by atoms with Gasteiger partial charge < -0.3 is 4.80 Å². The van der Waals surface area contributed by atoms with Crippen molar-refractivity contribution in [3.63, 3.8) is 0 Å². The summed E-state index contributed by atoms with van der Waals surface area (Å²) in [7, 11) is -2.14. The maximum absolute atomic E-state index is 10.3. The molecule has 1 aromatic rings. The van der Waals surface area contributed by atoms with E-state index in [1.54, 1.807) is 0 Å². The van der Waals surface area contributed by atoms with Gasteiger partial charge in [-0.2, -0.15) is 0 Å². The molecule has 0 radical (unpaired) electrons. The SMILES string of the molecule is CC(C)C[Si](C)(O)c1ccccc1. The summed E-state index contributed by atoms with van der Waals surface area (Å²) in [4.78, 5) is 10.3. The van der Waals surface area contributed by atoms with Crippen LogP contribution in [0.5, 0.6) is 0 Å². The molecule has 0 bridgehead atoms. The largest absolute Gasteiger partial charge is 0.428 e. The zero-order valence-electron chi connectivity index (χ0n) is 8.62. The number of benzene rings is 1. The lowest BCUT2D eigenvalue weighted by molar-refractivity contribution is 0.535. The lowest BCUT2D eigenvalue weighted by Crippen LogP contribution is -2.45. The van der Waals surface area contributed by atoms with E-state index in [4.69, 9.17) is 0 Å². The van der Waals surface area contributed by atoms with Crippen molar-refractivity contribution in [1.29, 1.82) is 0 Å². The van der Waals surface area contributed by atoms with Crippen molar-refractivity contribution in [2.24, 2.45) is 5.92 Å². The van der Waals surface area contributed by atoms with E-state index in [1.165, 1.54) is 0 Å². The Kier molecular flexibility index (Phi) is 3.28. The molecule has 0 aliphatic rings. The van der Waals surface area contributed by atoms with E-state index in [-0.39, 0.29) is 0 Å². The molecule has 72 valence electrons. The van der Waals surface area contributed by atoms with Crippen molar-refractivity contribution in [3.8, 4) is 0 Å². The van der Waals surface area contributed by atoms with Gasteiger partial charge in [0.25, 0.3) is 0 Å². The third-order valence-electron chi connectivity index (χ3n) is 2.20. The van der Waals surface area contributed by atoms with Crippen LogP contribution in [0, 0.1) is 5.92 Å². The average molecular weight is 194 g/mol. The second kappa shape index (κ2) is 4.07. The van der Waals surface area contributed by atoms with Crippen LogP contribution in [0.1, 0.15) is 13.8 Å². The molecule has 2 heteroatoms. The molecule has 13 heavy (non-hydrogen) atoms. The zero-order valence-corrected chi connectivity index (χ0v) is 9.62. The van der Waals surface area contributed by atoms with Crippen molar-refractivity contribution in [2.45, 2.75) is 26.4 Å². The van der Waals surface area contributed by atoms with Gasteiger partial charge in [0, 0.05) is 0 Å². The predicted molar refractivity (Wildman–Crippen MR) is 59.6 cm³/mol. The van der Waals surface area contributed by atoms with Gasteiger partial charge in [-0.15, -0.1) is 0 Å². The summed E-state index contributed by atoms with van der Waals surface area (Å²) in [5.41, 5.74) is 0. The van der Waals surface area contributed by atoms with Gasteiger partial charge in [0.2, 0.25) is 8.32 Å². The lowest BCUT2D eigenvalue weighted by atomic mass is 10.3. The summed E-state index contributed by atoms with van der Waals surface area (Å²) >= 11 is 0. The van der Waals surface area contributed by atoms with Crippen LogP contribution in [-0.4, -0.2) is 13.1 Å². The highest BCUT2D eigenvalue weighted by molar-refractivity contribution is 6.84. The molecule has 0 saturated heterocycles. The van der Waals surface area contributed by atoms with Crippen LogP contribution in [0.3, 0.4) is 0 Å². The summed E-state index contributed by atoms with van der Waals surface area (Å²) in [6, 6.07) is 11.0. The topological polar surface area (TPSA) is 20.2 Å². The maximum Gasteiger partial charge on any atom is 0.217 e. The fourth-order valence-electron chi connectivity index (χ4n) is 1.71. The van der Waals surface area contributed by atoms with Gasteiger partial charge in [-0.05, 0) is 23.7 Å². The maximum atomic E-state index is 10.3. The smallest absolute Gasteiger partial charge is 0.217 e. The minimum atomic E-state index is -2.14. The minimum Gasteiger partial charge on any atom is -0.428 e. The van der Waals surface area contributed by atoms with Gasteiger partial charge in [-0.25, -0.2) is 0 Å². The molecule has 0 saturated carbocycles. The Morgan fingerprint density at radius 2 is 1.77 bits per heavy atom. The number of hydrogen-bond acceptors (Lipinski definition) is 1. The first-order valence-corrected chi connectivity index (χ1v) is 7.46. The van der Waals surface area contributed by atoms with E-state index in [9.17, 15) is 4.80 Å². The van der Waals surface area contributed by atoms with E-state index in [1.807, 2.05) is 36.9 Å². The van der Waals surface area contributed by atoms with Gasteiger partial charge >= 0.3 is 0 Å². The van der Waals surface area contributed by atoms with E-state index in [2.05, 4.69) is 13.8 Å². The predicted octanol–water partition coefficient (Wildman–Crippen LogP) is 2.12. The molecule has 1 aromatic carbocycles. The highest BCUT2D eigenvalue weighted by atomic mass is 28.4. The Balaban J connectivity index is 2.81. The molecule has 1 rings (SSSR count). The first-order chi connectivity index (χ1) is 6.02. The highest BCUT2D eigenvalue weighted by Crippen LogP contribution is 2.13. The van der Waals surface area contributed by atoms with Gasteiger partial charge in [0.15, 0.2) is 0 Å². The third-order valence-corrected chi connectivity index (χ3v) is 5.39. The van der Waals surface area contributed by atoms with Crippen LogP contribution in [0.25, 0.3) is 0 Å². The molecular weight excluding hydrogens is 176 g/mol. The van der Waals surface area contributed by atoms with Crippen LogP contribution in [0.15, 0.2) is 30.3 Å². The monoisotopic (exact) mass is 194 g/mol. The fourth-order valence-corrected chi connectivity index (χ4v) is 4.45. The minimum absolute atomic E-state index is 0.571. The Hall–Kier alpha value is -0.603. The first-order valence-electron chi connectivity index (χ1n) is 4.80. The quantitative estimate of drug-likeness (QED) is 0.731. The molecule has 0 amide bonds. The van der Waals surface area contributed by atoms with E-state index < -0.39 is 8.32 Å². The van der Waals surface area contributed by atoms with Gasteiger partial charge in [0.05, 0.1) is 0 Å². The van der Waals surface area contributed by atoms with Gasteiger partial charge in [-0.3, -0.25) is 0 Å². The van der Waals surface area contributed by atoms with Gasteiger partial charge in [-0.1, -0.05) is 44.2 Å².